The molecule has 1 saturated heterocycles. The van der Waals surface area contributed by atoms with Crippen molar-refractivity contribution >= 4 is 12.0 Å². The van der Waals surface area contributed by atoms with Crippen LogP contribution in [0.2, 0.25) is 0 Å². The molecule has 1 aromatic rings. The average molecular weight is 290 g/mol. The molecule has 1 atom stereocenters. The van der Waals surface area contributed by atoms with Gasteiger partial charge in [0.15, 0.2) is 11.5 Å². The van der Waals surface area contributed by atoms with E-state index in [0.29, 0.717) is 18.0 Å². The van der Waals surface area contributed by atoms with Gasteiger partial charge in [-0.1, -0.05) is 6.07 Å². The first kappa shape index (κ1) is 15.4. The van der Waals surface area contributed by atoms with Gasteiger partial charge in [-0.05, 0) is 36.6 Å². The molecule has 0 aliphatic carbocycles. The molecule has 1 heterocycles. The first-order valence-corrected chi connectivity index (χ1v) is 7.10. The minimum Gasteiger partial charge on any atom is -0.493 e. The minimum absolute atomic E-state index is 0.0118. The van der Waals surface area contributed by atoms with Crippen LogP contribution in [0.3, 0.4) is 0 Å². The summed E-state index contributed by atoms with van der Waals surface area (Å²) >= 11 is 0. The van der Waals surface area contributed by atoms with E-state index in [2.05, 4.69) is 0 Å². The first-order chi connectivity index (χ1) is 10.2. The molecule has 21 heavy (non-hydrogen) atoms. The van der Waals surface area contributed by atoms with Gasteiger partial charge in [0.05, 0.1) is 14.2 Å². The van der Waals surface area contributed by atoms with Crippen molar-refractivity contribution < 1.29 is 14.3 Å². The summed E-state index contributed by atoms with van der Waals surface area (Å²) in [5, 5.41) is 0. The number of carbonyl (C=O) groups excluding carboxylic acids is 1. The van der Waals surface area contributed by atoms with Crippen molar-refractivity contribution in [2.45, 2.75) is 18.9 Å². The molecule has 0 aromatic heterocycles. The molecular formula is C16H22N2O3. The molecule has 0 saturated carbocycles. The number of rotatable bonds is 5. The molecule has 1 aliphatic heterocycles. The topological polar surface area (TPSA) is 64.8 Å². The summed E-state index contributed by atoms with van der Waals surface area (Å²) in [6, 6.07) is 5.72. The van der Waals surface area contributed by atoms with Crippen LogP contribution in [0.25, 0.3) is 6.08 Å². The normalized spacial score (nSPS) is 18.2. The highest BCUT2D eigenvalue weighted by atomic mass is 16.5. The molecule has 5 heteroatoms. The van der Waals surface area contributed by atoms with Gasteiger partial charge >= 0.3 is 0 Å². The third-order valence-corrected chi connectivity index (χ3v) is 3.76. The fourth-order valence-electron chi connectivity index (χ4n) is 2.59. The Hall–Kier alpha value is -2.01. The van der Waals surface area contributed by atoms with Crippen LogP contribution < -0.4 is 15.2 Å². The Morgan fingerprint density at radius 2 is 2.14 bits per heavy atom. The number of nitrogens with two attached hydrogens (primary N) is 1. The van der Waals surface area contributed by atoms with Gasteiger partial charge in [-0.3, -0.25) is 4.79 Å². The maximum atomic E-state index is 12.2. The average Bonchev–Trinajstić information content (AvgIpc) is 3.00. The van der Waals surface area contributed by atoms with Crippen molar-refractivity contribution in [1.29, 1.82) is 0 Å². The number of nitrogens with zero attached hydrogens (tertiary/aromatic N) is 1. The molecule has 0 spiro atoms. The lowest BCUT2D eigenvalue weighted by atomic mass is 10.1. The summed E-state index contributed by atoms with van der Waals surface area (Å²) in [5.74, 6) is 1.33. The highest BCUT2D eigenvalue weighted by Gasteiger charge is 2.25. The second-order valence-corrected chi connectivity index (χ2v) is 5.01. The van der Waals surface area contributed by atoms with Crippen molar-refractivity contribution in [3.8, 4) is 11.5 Å². The van der Waals surface area contributed by atoms with E-state index in [9.17, 15) is 4.79 Å². The second-order valence-electron chi connectivity index (χ2n) is 5.01. The maximum Gasteiger partial charge on any atom is 0.246 e. The molecule has 0 bridgehead atoms. The minimum atomic E-state index is 0.0118. The number of benzene rings is 1. The van der Waals surface area contributed by atoms with Crippen molar-refractivity contribution in [3.05, 3.63) is 29.8 Å². The summed E-state index contributed by atoms with van der Waals surface area (Å²) in [6.07, 6.45) is 5.40. The molecule has 2 N–H and O–H groups in total. The van der Waals surface area contributed by atoms with Gasteiger partial charge in [0, 0.05) is 25.2 Å². The lowest BCUT2D eigenvalue weighted by Crippen LogP contribution is -2.38. The molecule has 1 aliphatic rings. The summed E-state index contributed by atoms with van der Waals surface area (Å²) < 4.78 is 10.4. The van der Waals surface area contributed by atoms with Gasteiger partial charge in [0.1, 0.15) is 0 Å². The van der Waals surface area contributed by atoms with E-state index in [-0.39, 0.29) is 11.9 Å². The lowest BCUT2D eigenvalue weighted by Gasteiger charge is -2.21. The fourth-order valence-corrected chi connectivity index (χ4v) is 2.59. The smallest absolute Gasteiger partial charge is 0.246 e. The van der Waals surface area contributed by atoms with Crippen LogP contribution in [-0.2, 0) is 4.79 Å². The zero-order chi connectivity index (χ0) is 15.2. The summed E-state index contributed by atoms with van der Waals surface area (Å²) in [4.78, 5) is 14.0. The van der Waals surface area contributed by atoms with Crippen molar-refractivity contribution in [2.24, 2.45) is 5.73 Å². The van der Waals surface area contributed by atoms with E-state index in [4.69, 9.17) is 15.2 Å². The molecule has 1 unspecified atom stereocenters. The zero-order valence-electron chi connectivity index (χ0n) is 12.5. The number of hydrogen-bond acceptors (Lipinski definition) is 4. The third-order valence-electron chi connectivity index (χ3n) is 3.76. The largest absolute Gasteiger partial charge is 0.493 e. The van der Waals surface area contributed by atoms with Crippen LogP contribution >= 0.6 is 0 Å². The molecule has 114 valence electrons. The van der Waals surface area contributed by atoms with E-state index in [1.165, 1.54) is 0 Å². The Labute approximate surface area is 125 Å². The van der Waals surface area contributed by atoms with Crippen LogP contribution in [-0.4, -0.2) is 44.2 Å². The van der Waals surface area contributed by atoms with Crippen LogP contribution in [0.15, 0.2) is 24.3 Å². The number of amides is 1. The highest BCUT2D eigenvalue weighted by molar-refractivity contribution is 5.92. The molecular weight excluding hydrogens is 268 g/mol. The Bertz CT molecular complexity index is 528. The van der Waals surface area contributed by atoms with E-state index < -0.39 is 0 Å². The van der Waals surface area contributed by atoms with Crippen molar-refractivity contribution in [3.63, 3.8) is 0 Å². The number of methoxy groups -OCH3 is 2. The summed E-state index contributed by atoms with van der Waals surface area (Å²) in [7, 11) is 3.18. The molecule has 5 nitrogen and oxygen atoms in total. The number of ether oxygens (including phenoxy) is 2. The SMILES string of the molecule is COc1ccc(C=CC(=O)N2CCCC2CN)cc1OC. The molecule has 1 fully saturated rings. The van der Waals surface area contributed by atoms with Gasteiger partial charge in [0.25, 0.3) is 0 Å². The Balaban J connectivity index is 2.08. The lowest BCUT2D eigenvalue weighted by molar-refractivity contribution is -0.126. The number of carbonyl (C=O) groups is 1. The molecule has 2 rings (SSSR count). The monoisotopic (exact) mass is 290 g/mol. The Kier molecular flexibility index (Phi) is 5.22. The molecule has 0 radical (unpaired) electrons. The van der Waals surface area contributed by atoms with Crippen LogP contribution in [0.1, 0.15) is 18.4 Å². The van der Waals surface area contributed by atoms with Gasteiger partial charge in [0.2, 0.25) is 5.91 Å². The Morgan fingerprint density at radius 3 is 2.81 bits per heavy atom. The van der Waals surface area contributed by atoms with E-state index >= 15 is 0 Å². The van der Waals surface area contributed by atoms with Gasteiger partial charge in [-0.25, -0.2) is 0 Å². The van der Waals surface area contributed by atoms with E-state index in [0.717, 1.165) is 24.9 Å². The second kappa shape index (κ2) is 7.13. The predicted molar refractivity (Wildman–Crippen MR) is 82.4 cm³/mol. The van der Waals surface area contributed by atoms with Crippen molar-refractivity contribution in [2.75, 3.05) is 27.3 Å². The van der Waals surface area contributed by atoms with E-state index in [1.807, 2.05) is 23.1 Å². The maximum absolute atomic E-state index is 12.2. The van der Waals surface area contributed by atoms with Crippen LogP contribution in [0.4, 0.5) is 0 Å². The highest BCUT2D eigenvalue weighted by Crippen LogP contribution is 2.28. The number of hydrogen-bond donors (Lipinski definition) is 1. The first-order valence-electron chi connectivity index (χ1n) is 7.10. The van der Waals surface area contributed by atoms with Crippen molar-refractivity contribution in [1.82, 2.24) is 4.90 Å². The third kappa shape index (κ3) is 3.55. The summed E-state index contributed by atoms with van der Waals surface area (Å²) in [5.41, 5.74) is 6.58. The Morgan fingerprint density at radius 1 is 1.38 bits per heavy atom. The quantitative estimate of drug-likeness (QED) is 0.838. The van der Waals surface area contributed by atoms with Gasteiger partial charge in [-0.15, -0.1) is 0 Å². The van der Waals surface area contributed by atoms with Crippen LogP contribution in [0.5, 0.6) is 11.5 Å². The molecule has 1 aromatic carbocycles. The summed E-state index contributed by atoms with van der Waals surface area (Å²) in [6.45, 7) is 1.31. The predicted octanol–water partition coefficient (Wildman–Crippen LogP) is 1.67. The van der Waals surface area contributed by atoms with E-state index in [1.54, 1.807) is 26.4 Å². The standard InChI is InChI=1S/C16H22N2O3/c1-20-14-7-5-12(10-15(14)21-2)6-8-16(19)18-9-3-4-13(18)11-17/h5-8,10,13H,3-4,9,11,17H2,1-2H3. The van der Waals surface area contributed by atoms with Gasteiger partial charge < -0.3 is 20.1 Å². The zero-order valence-corrected chi connectivity index (χ0v) is 12.5. The van der Waals surface area contributed by atoms with Gasteiger partial charge in [-0.2, -0.15) is 0 Å². The number of likely N-dealkylation sites (tertiary alicyclic amines) is 1. The molecule has 1 amide bonds. The van der Waals surface area contributed by atoms with Crippen LogP contribution in [0, 0.1) is 0 Å². The fraction of sp³-hybridized carbons (Fsp3) is 0.438.